The van der Waals surface area contributed by atoms with Gasteiger partial charge >= 0.3 is 11.9 Å². The average Bonchev–Trinajstić information content (AvgIpc) is 2.46. The fraction of sp³-hybridized carbons (Fsp3) is 0.400. The fourth-order valence-corrected chi connectivity index (χ4v) is 1.59. The van der Waals surface area contributed by atoms with Gasteiger partial charge in [0.05, 0.1) is 13.2 Å². The summed E-state index contributed by atoms with van der Waals surface area (Å²) in [7, 11) is 0. The third kappa shape index (κ3) is 4.91. The van der Waals surface area contributed by atoms with Gasteiger partial charge < -0.3 is 14.8 Å². The van der Waals surface area contributed by atoms with Gasteiger partial charge in [-0.15, -0.1) is 0 Å². The number of ether oxygens (including phenoxy) is 2. The van der Waals surface area contributed by atoms with Crippen LogP contribution in [0, 0.1) is 6.92 Å². The van der Waals surface area contributed by atoms with Crippen molar-refractivity contribution in [3.05, 3.63) is 29.8 Å². The molecule has 1 aromatic carbocycles. The molecule has 1 rings (SSSR count). The molecule has 0 saturated heterocycles. The normalized spacial score (nSPS) is 11.4. The fourth-order valence-electron chi connectivity index (χ4n) is 1.59. The summed E-state index contributed by atoms with van der Waals surface area (Å²) in [4.78, 5) is 35.4. The molecule has 0 fully saturated rings. The maximum Gasteiger partial charge on any atom is 0.377 e. The lowest BCUT2D eigenvalue weighted by molar-refractivity contribution is -0.158. The number of anilines is 1. The Labute approximate surface area is 123 Å². The van der Waals surface area contributed by atoms with Gasteiger partial charge in [0, 0.05) is 5.69 Å². The number of hydrogen-bond donors (Lipinski definition) is 1. The first-order chi connectivity index (χ1) is 9.99. The summed E-state index contributed by atoms with van der Waals surface area (Å²) in [5.74, 6) is -2.85. The molecular weight excluding hydrogens is 274 g/mol. The maximum atomic E-state index is 12.0. The van der Waals surface area contributed by atoms with Crippen molar-refractivity contribution in [2.75, 3.05) is 18.5 Å². The minimum atomic E-state index is -1.41. The van der Waals surface area contributed by atoms with E-state index in [1.165, 1.54) is 0 Å². The zero-order chi connectivity index (χ0) is 15.8. The summed E-state index contributed by atoms with van der Waals surface area (Å²) < 4.78 is 9.45. The van der Waals surface area contributed by atoms with Gasteiger partial charge in [-0.2, -0.15) is 0 Å². The Hall–Kier alpha value is -2.37. The first-order valence-corrected chi connectivity index (χ1v) is 6.70. The van der Waals surface area contributed by atoms with Gasteiger partial charge in [0.2, 0.25) is 0 Å². The second-order valence-electron chi connectivity index (χ2n) is 4.28. The Bertz CT molecular complexity index is 509. The highest BCUT2D eigenvalue weighted by Gasteiger charge is 2.34. The van der Waals surface area contributed by atoms with E-state index in [4.69, 9.17) is 4.74 Å². The molecule has 0 aliphatic rings. The van der Waals surface area contributed by atoms with Gasteiger partial charge in [-0.25, -0.2) is 9.59 Å². The molecule has 0 aliphatic carbocycles. The zero-order valence-corrected chi connectivity index (χ0v) is 12.3. The molecule has 0 spiro atoms. The van der Waals surface area contributed by atoms with Gasteiger partial charge in [-0.3, -0.25) is 4.79 Å². The number of carbonyl (C=O) groups is 3. The van der Waals surface area contributed by atoms with Gasteiger partial charge in [-0.1, -0.05) is 17.7 Å². The molecular formula is C15H19NO5. The van der Waals surface area contributed by atoms with Gasteiger partial charge in [0.15, 0.2) is 6.04 Å². The van der Waals surface area contributed by atoms with Crippen LogP contribution in [0.3, 0.4) is 0 Å². The highest BCUT2D eigenvalue weighted by molar-refractivity contribution is 6.40. The standard InChI is InChI=1S/C15H19NO5/c1-4-20-14(18)12(13(17)15(19)21-5-2)16-11-8-6-10(3)7-9-11/h6-9,12,16H,4-5H2,1-3H3. The lowest BCUT2D eigenvalue weighted by Crippen LogP contribution is -2.43. The zero-order valence-electron chi connectivity index (χ0n) is 12.3. The molecule has 0 bridgehead atoms. The van der Waals surface area contributed by atoms with Crippen LogP contribution in [0.5, 0.6) is 0 Å². The molecule has 1 atom stereocenters. The van der Waals surface area contributed by atoms with E-state index in [1.54, 1.807) is 26.0 Å². The predicted octanol–water partition coefficient (Wildman–Crippen LogP) is 1.47. The number of Topliss-reactive ketones (excluding diaryl/α,β-unsaturated/α-hetero) is 1. The van der Waals surface area contributed by atoms with E-state index in [0.717, 1.165) is 5.56 Å². The molecule has 0 radical (unpaired) electrons. The van der Waals surface area contributed by atoms with Crippen LogP contribution < -0.4 is 5.32 Å². The molecule has 0 aliphatic heterocycles. The molecule has 6 heteroatoms. The van der Waals surface area contributed by atoms with E-state index in [2.05, 4.69) is 10.1 Å². The summed E-state index contributed by atoms with van der Waals surface area (Å²) in [6, 6.07) is 5.64. The predicted molar refractivity (Wildman–Crippen MR) is 76.9 cm³/mol. The maximum absolute atomic E-state index is 12.0. The second-order valence-corrected chi connectivity index (χ2v) is 4.28. The second kappa shape index (κ2) is 8.04. The lowest BCUT2D eigenvalue weighted by atomic mass is 10.1. The number of ketones is 1. The summed E-state index contributed by atoms with van der Waals surface area (Å²) >= 11 is 0. The number of aryl methyl sites for hydroxylation is 1. The first-order valence-electron chi connectivity index (χ1n) is 6.70. The third-order valence-electron chi connectivity index (χ3n) is 2.62. The van der Waals surface area contributed by atoms with Crippen LogP contribution in [0.2, 0.25) is 0 Å². The molecule has 0 amide bonds. The minimum Gasteiger partial charge on any atom is -0.464 e. The van der Waals surface area contributed by atoms with Crippen molar-refractivity contribution in [1.29, 1.82) is 0 Å². The summed E-state index contributed by atoms with van der Waals surface area (Å²) in [6.07, 6.45) is 0. The molecule has 1 N–H and O–H groups in total. The number of esters is 2. The van der Waals surface area contributed by atoms with Crippen molar-refractivity contribution in [2.45, 2.75) is 26.8 Å². The number of hydrogen-bond acceptors (Lipinski definition) is 6. The minimum absolute atomic E-state index is 0.0602. The average molecular weight is 293 g/mol. The quantitative estimate of drug-likeness (QED) is 0.466. The van der Waals surface area contributed by atoms with Crippen molar-refractivity contribution in [2.24, 2.45) is 0 Å². The molecule has 1 unspecified atom stereocenters. The van der Waals surface area contributed by atoms with E-state index in [0.29, 0.717) is 5.69 Å². The SMILES string of the molecule is CCOC(=O)C(=O)C(Nc1ccc(C)cc1)C(=O)OCC. The van der Waals surface area contributed by atoms with Gasteiger partial charge in [-0.05, 0) is 32.9 Å². The van der Waals surface area contributed by atoms with E-state index in [1.807, 2.05) is 19.1 Å². The number of rotatable bonds is 7. The smallest absolute Gasteiger partial charge is 0.377 e. The summed E-state index contributed by atoms with van der Waals surface area (Å²) in [5, 5.41) is 2.70. The van der Waals surface area contributed by atoms with Crippen molar-refractivity contribution in [3.8, 4) is 0 Å². The number of nitrogens with one attached hydrogen (secondary N) is 1. The lowest BCUT2D eigenvalue weighted by Gasteiger charge is -2.16. The van der Waals surface area contributed by atoms with Crippen molar-refractivity contribution >= 4 is 23.4 Å². The Morgan fingerprint density at radius 2 is 1.62 bits per heavy atom. The van der Waals surface area contributed by atoms with E-state index in [9.17, 15) is 14.4 Å². The van der Waals surface area contributed by atoms with E-state index in [-0.39, 0.29) is 13.2 Å². The van der Waals surface area contributed by atoms with Crippen LogP contribution in [0.25, 0.3) is 0 Å². The Balaban J connectivity index is 2.91. The molecule has 21 heavy (non-hydrogen) atoms. The molecule has 0 saturated carbocycles. The Morgan fingerprint density at radius 1 is 1.05 bits per heavy atom. The number of benzene rings is 1. The Kier molecular flexibility index (Phi) is 6.39. The van der Waals surface area contributed by atoms with Crippen LogP contribution in [-0.2, 0) is 23.9 Å². The summed E-state index contributed by atoms with van der Waals surface area (Å²) in [6.45, 7) is 5.29. The van der Waals surface area contributed by atoms with Crippen molar-refractivity contribution < 1.29 is 23.9 Å². The molecule has 1 aromatic rings. The third-order valence-corrected chi connectivity index (χ3v) is 2.62. The van der Waals surface area contributed by atoms with Crippen molar-refractivity contribution in [1.82, 2.24) is 0 Å². The molecule has 6 nitrogen and oxygen atoms in total. The monoisotopic (exact) mass is 293 g/mol. The highest BCUT2D eigenvalue weighted by atomic mass is 16.5. The van der Waals surface area contributed by atoms with E-state index < -0.39 is 23.8 Å². The largest absolute Gasteiger partial charge is 0.464 e. The summed E-state index contributed by atoms with van der Waals surface area (Å²) in [5.41, 5.74) is 1.57. The van der Waals surface area contributed by atoms with Crippen LogP contribution in [-0.4, -0.2) is 37.0 Å². The van der Waals surface area contributed by atoms with Crippen LogP contribution in [0.15, 0.2) is 24.3 Å². The topological polar surface area (TPSA) is 81.7 Å². The van der Waals surface area contributed by atoms with Gasteiger partial charge in [0.25, 0.3) is 5.78 Å². The van der Waals surface area contributed by atoms with Crippen LogP contribution in [0.4, 0.5) is 5.69 Å². The van der Waals surface area contributed by atoms with Crippen molar-refractivity contribution in [3.63, 3.8) is 0 Å². The molecule has 114 valence electrons. The van der Waals surface area contributed by atoms with E-state index >= 15 is 0 Å². The van der Waals surface area contributed by atoms with Gasteiger partial charge in [0.1, 0.15) is 0 Å². The molecule has 0 aromatic heterocycles. The molecule has 0 heterocycles. The van der Waals surface area contributed by atoms with Crippen LogP contribution >= 0.6 is 0 Å². The Morgan fingerprint density at radius 3 is 2.14 bits per heavy atom. The number of carbonyl (C=O) groups excluding carboxylic acids is 3. The highest BCUT2D eigenvalue weighted by Crippen LogP contribution is 2.11. The first kappa shape index (κ1) is 16.7. The van der Waals surface area contributed by atoms with Crippen LogP contribution in [0.1, 0.15) is 19.4 Å².